The highest BCUT2D eigenvalue weighted by Crippen LogP contribution is 2.20. The highest BCUT2D eigenvalue weighted by Gasteiger charge is 2.39. The van der Waals surface area contributed by atoms with Crippen molar-refractivity contribution in [2.45, 2.75) is 71.8 Å². The minimum atomic E-state index is -2.39. The molecule has 4 nitrogen and oxygen atoms in total. The minimum Gasteiger partial charge on any atom is -0.374 e. The average molecular weight is 306 g/mol. The Bertz CT molecular complexity index is 189. The average Bonchev–Trinajstić information content (AvgIpc) is 2.43. The second-order valence-corrected chi connectivity index (χ2v) is 7.73. The maximum atomic E-state index is 5.85. The van der Waals surface area contributed by atoms with E-state index in [-0.39, 0.29) is 0 Å². The molecule has 2 N–H and O–H groups in total. The maximum absolute atomic E-state index is 5.85. The Kier molecular flexibility index (Phi) is 14.1. The summed E-state index contributed by atoms with van der Waals surface area (Å²) in [6.45, 7) is 8.87. The van der Waals surface area contributed by atoms with E-state index in [1.165, 1.54) is 32.1 Å². The maximum Gasteiger partial charge on any atom is 0.500 e. The highest BCUT2D eigenvalue weighted by atomic mass is 28.4. The molecule has 0 aromatic rings. The van der Waals surface area contributed by atoms with E-state index >= 15 is 0 Å². The third-order valence-corrected chi connectivity index (χ3v) is 6.43. The summed E-state index contributed by atoms with van der Waals surface area (Å²) in [4.78, 5) is 0. The summed E-state index contributed by atoms with van der Waals surface area (Å²) in [5, 5.41) is 0. The molecule has 0 saturated heterocycles. The van der Waals surface area contributed by atoms with Crippen molar-refractivity contribution in [1.29, 1.82) is 0 Å². The molecule has 0 fully saturated rings. The van der Waals surface area contributed by atoms with Crippen molar-refractivity contribution in [1.82, 2.24) is 0 Å². The number of unbranched alkanes of at least 4 members (excludes halogenated alkanes) is 6. The standard InChI is InChI=1S/C15H35NO3Si/c1-4-17-20(18-5-2,19-6-3)15-13-11-9-7-8-10-12-14-16/h4-16H2,1-3H3. The van der Waals surface area contributed by atoms with Crippen molar-refractivity contribution in [3.63, 3.8) is 0 Å². The molecule has 0 spiro atoms. The lowest BCUT2D eigenvalue weighted by Gasteiger charge is -2.28. The van der Waals surface area contributed by atoms with Crippen molar-refractivity contribution >= 4 is 8.80 Å². The Morgan fingerprint density at radius 1 is 0.650 bits per heavy atom. The zero-order valence-electron chi connectivity index (χ0n) is 13.8. The van der Waals surface area contributed by atoms with Gasteiger partial charge in [0.15, 0.2) is 0 Å². The molecule has 0 aliphatic rings. The van der Waals surface area contributed by atoms with Gasteiger partial charge in [-0.1, -0.05) is 32.1 Å². The predicted octanol–water partition coefficient (Wildman–Crippen LogP) is 3.72. The summed E-state index contributed by atoms with van der Waals surface area (Å²) >= 11 is 0. The van der Waals surface area contributed by atoms with Crippen LogP contribution in [-0.2, 0) is 13.3 Å². The van der Waals surface area contributed by atoms with Gasteiger partial charge in [-0.05, 0) is 40.2 Å². The van der Waals surface area contributed by atoms with E-state index < -0.39 is 8.80 Å². The van der Waals surface area contributed by atoms with Crippen molar-refractivity contribution in [3.05, 3.63) is 0 Å². The Morgan fingerprint density at radius 3 is 1.45 bits per heavy atom. The first-order valence-electron chi connectivity index (χ1n) is 8.36. The summed E-state index contributed by atoms with van der Waals surface area (Å²) in [5.41, 5.74) is 5.49. The van der Waals surface area contributed by atoms with Gasteiger partial charge < -0.3 is 19.0 Å². The first-order valence-corrected chi connectivity index (χ1v) is 10.3. The fourth-order valence-corrected chi connectivity index (χ4v) is 5.06. The third kappa shape index (κ3) is 9.88. The Hall–Kier alpha value is 0.0569. The first kappa shape index (κ1) is 20.1. The van der Waals surface area contributed by atoms with Crippen molar-refractivity contribution in [3.8, 4) is 0 Å². The molecule has 0 radical (unpaired) electrons. The zero-order chi connectivity index (χ0) is 15.1. The first-order chi connectivity index (χ1) is 9.74. The number of nitrogens with two attached hydrogens (primary N) is 1. The number of hydrogen-bond acceptors (Lipinski definition) is 4. The molecule has 122 valence electrons. The highest BCUT2D eigenvalue weighted by molar-refractivity contribution is 6.60. The van der Waals surface area contributed by atoms with Gasteiger partial charge in [0.25, 0.3) is 0 Å². The van der Waals surface area contributed by atoms with E-state index in [0.717, 1.165) is 25.4 Å². The molecular weight excluding hydrogens is 270 g/mol. The fraction of sp³-hybridized carbons (Fsp3) is 1.00. The summed E-state index contributed by atoms with van der Waals surface area (Å²) in [7, 11) is -2.39. The van der Waals surface area contributed by atoms with Crippen LogP contribution >= 0.6 is 0 Å². The van der Waals surface area contributed by atoms with Crippen LogP contribution in [-0.4, -0.2) is 35.2 Å². The van der Waals surface area contributed by atoms with Gasteiger partial charge in [-0.3, -0.25) is 0 Å². The second kappa shape index (κ2) is 14.0. The summed E-state index contributed by atoms with van der Waals surface area (Å²) in [5.74, 6) is 0. The largest absolute Gasteiger partial charge is 0.500 e. The summed E-state index contributed by atoms with van der Waals surface area (Å²) in [6.07, 6.45) is 8.73. The van der Waals surface area contributed by atoms with E-state index in [2.05, 4.69) is 0 Å². The van der Waals surface area contributed by atoms with Crippen LogP contribution in [0, 0.1) is 0 Å². The molecule has 0 saturated carbocycles. The minimum absolute atomic E-state index is 0.672. The van der Waals surface area contributed by atoms with Gasteiger partial charge in [-0.2, -0.15) is 0 Å². The van der Waals surface area contributed by atoms with E-state index in [4.69, 9.17) is 19.0 Å². The van der Waals surface area contributed by atoms with Crippen LogP contribution in [0.25, 0.3) is 0 Å². The molecule has 0 aromatic carbocycles. The van der Waals surface area contributed by atoms with Crippen LogP contribution in [0.15, 0.2) is 0 Å². The van der Waals surface area contributed by atoms with Crippen molar-refractivity contribution < 1.29 is 13.3 Å². The zero-order valence-corrected chi connectivity index (χ0v) is 14.8. The normalized spacial score (nSPS) is 12.0. The van der Waals surface area contributed by atoms with Gasteiger partial charge in [-0.25, -0.2) is 0 Å². The van der Waals surface area contributed by atoms with Crippen LogP contribution in [0.4, 0.5) is 0 Å². The van der Waals surface area contributed by atoms with Crippen molar-refractivity contribution in [2.24, 2.45) is 5.73 Å². The molecule has 0 unspecified atom stereocenters. The summed E-state index contributed by atoms with van der Waals surface area (Å²) in [6, 6.07) is 0.950. The van der Waals surface area contributed by atoms with Crippen LogP contribution in [0.2, 0.25) is 6.04 Å². The summed E-state index contributed by atoms with van der Waals surface area (Å²) < 4.78 is 17.6. The topological polar surface area (TPSA) is 53.7 Å². The third-order valence-electron chi connectivity index (χ3n) is 3.28. The molecule has 0 aliphatic heterocycles. The lowest BCUT2D eigenvalue weighted by Crippen LogP contribution is -2.45. The van der Waals surface area contributed by atoms with E-state index in [1.54, 1.807) is 0 Å². The fourth-order valence-electron chi connectivity index (χ4n) is 2.37. The molecule has 0 bridgehead atoms. The van der Waals surface area contributed by atoms with Crippen molar-refractivity contribution in [2.75, 3.05) is 26.4 Å². The molecule has 0 heterocycles. The molecule has 0 aromatic heterocycles. The van der Waals surface area contributed by atoms with Crippen LogP contribution < -0.4 is 5.73 Å². The smallest absolute Gasteiger partial charge is 0.374 e. The monoisotopic (exact) mass is 305 g/mol. The van der Waals surface area contributed by atoms with E-state index in [0.29, 0.717) is 19.8 Å². The SMILES string of the molecule is CCO[Si](CCCCCCCCCN)(OCC)OCC. The van der Waals surface area contributed by atoms with Crippen LogP contribution in [0.3, 0.4) is 0 Å². The number of hydrogen-bond donors (Lipinski definition) is 1. The molecule has 0 atom stereocenters. The Morgan fingerprint density at radius 2 is 1.05 bits per heavy atom. The molecule has 0 aliphatic carbocycles. The quantitative estimate of drug-likeness (QED) is 0.370. The molecule has 5 heteroatoms. The van der Waals surface area contributed by atoms with Gasteiger partial charge in [0.1, 0.15) is 0 Å². The van der Waals surface area contributed by atoms with Gasteiger partial charge in [0.2, 0.25) is 0 Å². The molecular formula is C15H35NO3Si. The second-order valence-electron chi connectivity index (χ2n) is 5.00. The van der Waals surface area contributed by atoms with Crippen LogP contribution in [0.1, 0.15) is 65.7 Å². The van der Waals surface area contributed by atoms with Gasteiger partial charge in [0, 0.05) is 25.9 Å². The Balaban J connectivity index is 3.82. The predicted molar refractivity (Wildman–Crippen MR) is 86.8 cm³/mol. The van der Waals surface area contributed by atoms with Gasteiger partial charge >= 0.3 is 8.80 Å². The molecule has 0 amide bonds. The van der Waals surface area contributed by atoms with Gasteiger partial charge in [0.05, 0.1) is 0 Å². The number of rotatable bonds is 15. The van der Waals surface area contributed by atoms with Crippen LogP contribution in [0.5, 0.6) is 0 Å². The lowest BCUT2D eigenvalue weighted by molar-refractivity contribution is 0.0706. The van der Waals surface area contributed by atoms with Gasteiger partial charge in [-0.15, -0.1) is 0 Å². The lowest BCUT2D eigenvalue weighted by atomic mass is 10.1. The van der Waals surface area contributed by atoms with E-state index in [1.807, 2.05) is 20.8 Å². The Labute approximate surface area is 126 Å². The molecule has 20 heavy (non-hydrogen) atoms. The van der Waals surface area contributed by atoms with E-state index in [9.17, 15) is 0 Å². The molecule has 0 rings (SSSR count).